The molecule has 1 heterocycles. The maximum Gasteiger partial charge on any atom is 0.132 e. The number of hydrogen-bond donors (Lipinski definition) is 0. The lowest BCUT2D eigenvalue weighted by atomic mass is 9.93. The van der Waals surface area contributed by atoms with Crippen LogP contribution in [-0.4, -0.2) is 18.5 Å². The van der Waals surface area contributed by atoms with Crippen LogP contribution < -0.4 is 0 Å². The third kappa shape index (κ3) is 1.90. The molecule has 0 N–H and O–H groups in total. The van der Waals surface area contributed by atoms with Crippen LogP contribution in [-0.2, 0) is 9.53 Å². The van der Waals surface area contributed by atoms with Crippen LogP contribution >= 0.6 is 0 Å². The summed E-state index contributed by atoms with van der Waals surface area (Å²) in [6, 6.07) is 0. The smallest absolute Gasteiger partial charge is 0.132 e. The largest absolute Gasteiger partial charge is 0.373 e. The molecule has 14 heavy (non-hydrogen) atoms. The SMILES string of the molecule is C/C=C\C1CC(C(C)=O)CC1C1CO1. The minimum atomic E-state index is 0.283. The van der Waals surface area contributed by atoms with Crippen LogP contribution in [0, 0.1) is 17.8 Å². The van der Waals surface area contributed by atoms with Gasteiger partial charge >= 0.3 is 0 Å². The van der Waals surface area contributed by atoms with E-state index >= 15 is 0 Å². The highest BCUT2D eigenvalue weighted by Gasteiger charge is 2.44. The van der Waals surface area contributed by atoms with Crippen molar-refractivity contribution in [1.29, 1.82) is 0 Å². The van der Waals surface area contributed by atoms with Crippen molar-refractivity contribution < 1.29 is 9.53 Å². The number of ether oxygens (including phenoxy) is 1. The minimum Gasteiger partial charge on any atom is -0.373 e. The Bertz CT molecular complexity index is 253. The van der Waals surface area contributed by atoms with E-state index in [0.717, 1.165) is 19.4 Å². The molecule has 1 aliphatic carbocycles. The summed E-state index contributed by atoms with van der Waals surface area (Å²) >= 11 is 0. The molecule has 0 aromatic rings. The van der Waals surface area contributed by atoms with Crippen LogP contribution in [0.2, 0.25) is 0 Å². The Morgan fingerprint density at radius 3 is 2.64 bits per heavy atom. The average molecular weight is 194 g/mol. The van der Waals surface area contributed by atoms with Crippen LogP contribution in [0.15, 0.2) is 12.2 Å². The first-order valence-electron chi connectivity index (χ1n) is 5.47. The first kappa shape index (κ1) is 9.91. The Kier molecular flexibility index (Phi) is 2.73. The fraction of sp³-hybridized carbons (Fsp3) is 0.750. The molecule has 0 spiro atoms. The van der Waals surface area contributed by atoms with Gasteiger partial charge in [0.15, 0.2) is 0 Å². The Hall–Kier alpha value is -0.630. The topological polar surface area (TPSA) is 29.6 Å². The highest BCUT2D eigenvalue weighted by molar-refractivity contribution is 5.78. The zero-order chi connectivity index (χ0) is 10.1. The van der Waals surface area contributed by atoms with E-state index in [0.29, 0.717) is 23.7 Å². The van der Waals surface area contributed by atoms with Crippen LogP contribution in [0.1, 0.15) is 26.7 Å². The van der Waals surface area contributed by atoms with E-state index < -0.39 is 0 Å². The molecule has 0 bridgehead atoms. The summed E-state index contributed by atoms with van der Waals surface area (Å²) in [5.74, 6) is 1.80. The molecule has 4 unspecified atom stereocenters. The van der Waals surface area contributed by atoms with Gasteiger partial charge in [0.2, 0.25) is 0 Å². The lowest BCUT2D eigenvalue weighted by Crippen LogP contribution is -2.12. The highest BCUT2D eigenvalue weighted by atomic mass is 16.6. The number of epoxide rings is 1. The molecule has 78 valence electrons. The molecule has 4 atom stereocenters. The van der Waals surface area contributed by atoms with Crippen molar-refractivity contribution in [3.8, 4) is 0 Å². The molecule has 1 saturated carbocycles. The standard InChI is InChI=1S/C12H18O2/c1-3-4-9-5-10(8(2)13)6-11(9)12-7-14-12/h3-4,9-12H,5-7H2,1-2H3/b4-3-. The number of allylic oxidation sites excluding steroid dienone is 2. The summed E-state index contributed by atoms with van der Waals surface area (Å²) in [7, 11) is 0. The van der Waals surface area contributed by atoms with Gasteiger partial charge in [0.05, 0.1) is 12.7 Å². The second kappa shape index (κ2) is 3.85. The van der Waals surface area contributed by atoms with Gasteiger partial charge in [-0.15, -0.1) is 0 Å². The van der Waals surface area contributed by atoms with Gasteiger partial charge in [-0.25, -0.2) is 0 Å². The lowest BCUT2D eigenvalue weighted by Gasteiger charge is -2.12. The molecule has 2 heteroatoms. The van der Waals surface area contributed by atoms with Crippen molar-refractivity contribution in [2.24, 2.45) is 17.8 Å². The predicted molar refractivity (Wildman–Crippen MR) is 54.9 cm³/mol. The molecule has 0 amide bonds. The van der Waals surface area contributed by atoms with E-state index in [-0.39, 0.29) is 5.92 Å². The monoisotopic (exact) mass is 194 g/mol. The number of carbonyl (C=O) groups is 1. The van der Waals surface area contributed by atoms with Crippen LogP contribution in [0.5, 0.6) is 0 Å². The predicted octanol–water partition coefficient (Wildman–Crippen LogP) is 2.19. The fourth-order valence-electron chi connectivity index (χ4n) is 2.63. The highest BCUT2D eigenvalue weighted by Crippen LogP contribution is 2.43. The van der Waals surface area contributed by atoms with Gasteiger partial charge in [0.1, 0.15) is 5.78 Å². The summed E-state index contributed by atoms with van der Waals surface area (Å²) in [5.41, 5.74) is 0. The minimum absolute atomic E-state index is 0.283. The number of Topliss-reactive ketones (excluding diaryl/α,β-unsaturated/α-hetero) is 1. The third-order valence-corrected chi connectivity index (χ3v) is 3.51. The maximum atomic E-state index is 11.3. The Morgan fingerprint density at radius 2 is 2.14 bits per heavy atom. The van der Waals surface area contributed by atoms with E-state index in [1.54, 1.807) is 6.92 Å². The molecule has 1 aliphatic heterocycles. The molecule has 1 saturated heterocycles. The van der Waals surface area contributed by atoms with Gasteiger partial charge in [-0.3, -0.25) is 4.79 Å². The van der Waals surface area contributed by atoms with Crippen molar-refractivity contribution in [3.05, 3.63) is 12.2 Å². The van der Waals surface area contributed by atoms with Gasteiger partial charge in [-0.1, -0.05) is 12.2 Å². The molecule has 0 aromatic heterocycles. The second-order valence-corrected chi connectivity index (χ2v) is 4.50. The van der Waals surface area contributed by atoms with Crippen molar-refractivity contribution in [3.63, 3.8) is 0 Å². The Balaban J connectivity index is 2.03. The first-order chi connectivity index (χ1) is 6.72. The van der Waals surface area contributed by atoms with E-state index in [1.807, 2.05) is 6.92 Å². The second-order valence-electron chi connectivity index (χ2n) is 4.50. The maximum absolute atomic E-state index is 11.3. The van der Waals surface area contributed by atoms with Gasteiger partial charge in [0, 0.05) is 5.92 Å². The normalized spacial score (nSPS) is 41.9. The molecular weight excluding hydrogens is 176 g/mol. The molecular formula is C12H18O2. The number of rotatable bonds is 3. The van der Waals surface area contributed by atoms with Crippen LogP contribution in [0.3, 0.4) is 0 Å². The summed E-state index contributed by atoms with van der Waals surface area (Å²) in [6.45, 7) is 4.67. The van der Waals surface area contributed by atoms with Crippen molar-refractivity contribution in [2.45, 2.75) is 32.8 Å². The third-order valence-electron chi connectivity index (χ3n) is 3.51. The number of carbonyl (C=O) groups excluding carboxylic acids is 1. The van der Waals surface area contributed by atoms with Crippen molar-refractivity contribution in [1.82, 2.24) is 0 Å². The van der Waals surface area contributed by atoms with Gasteiger partial charge in [-0.2, -0.15) is 0 Å². The van der Waals surface area contributed by atoms with E-state index in [9.17, 15) is 4.79 Å². The van der Waals surface area contributed by atoms with Crippen molar-refractivity contribution in [2.75, 3.05) is 6.61 Å². The summed E-state index contributed by atoms with van der Waals surface area (Å²) in [4.78, 5) is 11.3. The molecule has 0 radical (unpaired) electrons. The fourth-order valence-corrected chi connectivity index (χ4v) is 2.63. The summed E-state index contributed by atoms with van der Waals surface area (Å²) in [5, 5.41) is 0. The quantitative estimate of drug-likeness (QED) is 0.509. The lowest BCUT2D eigenvalue weighted by molar-refractivity contribution is -0.120. The Labute approximate surface area is 85.3 Å². The zero-order valence-electron chi connectivity index (χ0n) is 8.90. The van der Waals surface area contributed by atoms with Crippen LogP contribution in [0.4, 0.5) is 0 Å². The van der Waals surface area contributed by atoms with Crippen molar-refractivity contribution >= 4 is 5.78 Å². The average Bonchev–Trinajstić information content (AvgIpc) is 2.89. The number of ketones is 1. The summed E-state index contributed by atoms with van der Waals surface area (Å²) < 4.78 is 5.35. The van der Waals surface area contributed by atoms with Crippen LogP contribution in [0.25, 0.3) is 0 Å². The zero-order valence-corrected chi connectivity index (χ0v) is 8.90. The summed E-state index contributed by atoms with van der Waals surface area (Å²) in [6.07, 6.45) is 6.86. The van der Waals surface area contributed by atoms with Gasteiger partial charge in [-0.05, 0) is 38.5 Å². The van der Waals surface area contributed by atoms with E-state index in [4.69, 9.17) is 4.74 Å². The molecule has 2 fully saturated rings. The van der Waals surface area contributed by atoms with E-state index in [2.05, 4.69) is 12.2 Å². The molecule has 2 rings (SSSR count). The number of hydrogen-bond acceptors (Lipinski definition) is 2. The molecule has 2 nitrogen and oxygen atoms in total. The molecule has 0 aromatic carbocycles. The molecule has 2 aliphatic rings. The van der Waals surface area contributed by atoms with Gasteiger partial charge in [0.25, 0.3) is 0 Å². The Morgan fingerprint density at radius 1 is 1.43 bits per heavy atom. The van der Waals surface area contributed by atoms with Gasteiger partial charge < -0.3 is 4.74 Å². The first-order valence-corrected chi connectivity index (χ1v) is 5.47. The van der Waals surface area contributed by atoms with E-state index in [1.165, 1.54) is 0 Å².